The van der Waals surface area contributed by atoms with E-state index in [1.165, 1.54) is 40.4 Å². The minimum atomic E-state index is -1.08. The molecule has 0 saturated carbocycles. The summed E-state index contributed by atoms with van der Waals surface area (Å²) in [5.41, 5.74) is 6.02. The number of nitrogens with two attached hydrogens (primary N) is 1. The third kappa shape index (κ3) is 6.44. The maximum Gasteiger partial charge on any atom is 0.239 e. The van der Waals surface area contributed by atoms with Crippen molar-refractivity contribution < 1.29 is 28.2 Å². The number of rotatable bonds is 12. The Morgan fingerprint density at radius 3 is 2.79 bits per heavy atom. The van der Waals surface area contributed by atoms with Crippen LogP contribution in [0.3, 0.4) is 0 Å². The zero-order chi connectivity index (χ0) is 29.6. The lowest BCUT2D eigenvalue weighted by Crippen LogP contribution is -2.51. The van der Waals surface area contributed by atoms with E-state index in [2.05, 4.69) is 20.0 Å². The molecule has 0 unspecified atom stereocenters. The Bertz CT molecular complexity index is 1580. The summed E-state index contributed by atoms with van der Waals surface area (Å²) in [6, 6.07) is 9.02. The molecule has 1 fully saturated rings. The minimum Gasteiger partial charge on any atom is -0.493 e. The van der Waals surface area contributed by atoms with Crippen molar-refractivity contribution in [1.82, 2.24) is 29.5 Å². The Hall–Kier alpha value is -4.69. The number of aromatic nitrogens is 4. The van der Waals surface area contributed by atoms with Gasteiger partial charge in [-0.3, -0.25) is 24.1 Å². The first kappa shape index (κ1) is 28.8. The summed E-state index contributed by atoms with van der Waals surface area (Å²) >= 11 is 0. The molecule has 0 spiro atoms. The van der Waals surface area contributed by atoms with E-state index in [0.29, 0.717) is 61.5 Å². The van der Waals surface area contributed by atoms with Crippen molar-refractivity contribution in [2.75, 3.05) is 50.8 Å². The highest BCUT2D eigenvalue weighted by atomic mass is 19.2. The summed E-state index contributed by atoms with van der Waals surface area (Å²) in [5, 5.41) is 13.7. The van der Waals surface area contributed by atoms with Crippen LogP contribution < -0.4 is 15.4 Å². The number of halogens is 2. The zero-order valence-corrected chi connectivity index (χ0v) is 22.7. The van der Waals surface area contributed by atoms with Crippen LogP contribution in [0.4, 0.5) is 26.0 Å². The van der Waals surface area contributed by atoms with E-state index < -0.39 is 17.5 Å². The molecule has 3 N–H and O–H groups in total. The molecule has 1 saturated heterocycles. The fraction of sp³-hybridized carbons (Fsp3) is 0.321. The number of hydrogen-bond acceptors (Lipinski definition) is 9. The summed E-state index contributed by atoms with van der Waals surface area (Å²) in [7, 11) is 0. The molecule has 0 aliphatic carbocycles. The molecule has 12 nitrogen and oxygen atoms in total. The molecule has 2 amide bonds. The quantitative estimate of drug-likeness (QED) is 0.241. The number of carbonyl (C=O) groups excluding carboxylic acids is 2. The van der Waals surface area contributed by atoms with Gasteiger partial charge < -0.3 is 20.5 Å². The SMILES string of the molecule is NC(=O)Cn1cc(N(c2cccc(F)c2F)c2ncnc3cc(OCCCN4CCN(CCO)C(=O)C4)ccc23)cn1. The summed E-state index contributed by atoms with van der Waals surface area (Å²) in [5.74, 6) is -1.89. The van der Waals surface area contributed by atoms with Gasteiger partial charge in [0, 0.05) is 43.8 Å². The summed E-state index contributed by atoms with van der Waals surface area (Å²) in [6.45, 7) is 2.88. The Morgan fingerprint density at radius 1 is 1.14 bits per heavy atom. The number of piperazine rings is 1. The van der Waals surface area contributed by atoms with Crippen LogP contribution in [-0.4, -0.2) is 92.4 Å². The number of fused-ring (bicyclic) bond motifs is 1. The summed E-state index contributed by atoms with van der Waals surface area (Å²) in [4.78, 5) is 37.4. The van der Waals surface area contributed by atoms with Gasteiger partial charge in [0.2, 0.25) is 11.8 Å². The van der Waals surface area contributed by atoms with Gasteiger partial charge in [0.25, 0.3) is 0 Å². The molecule has 0 atom stereocenters. The van der Waals surface area contributed by atoms with Crippen molar-refractivity contribution in [2.45, 2.75) is 13.0 Å². The molecule has 3 heterocycles. The summed E-state index contributed by atoms with van der Waals surface area (Å²) < 4.78 is 36.6. The van der Waals surface area contributed by atoms with E-state index in [-0.39, 0.29) is 30.6 Å². The van der Waals surface area contributed by atoms with Gasteiger partial charge in [0.15, 0.2) is 11.6 Å². The highest BCUT2D eigenvalue weighted by molar-refractivity contribution is 5.95. The van der Waals surface area contributed by atoms with Crippen LogP contribution in [0.25, 0.3) is 10.9 Å². The van der Waals surface area contributed by atoms with E-state index in [9.17, 15) is 14.0 Å². The molecular formula is C28H30F2N8O4. The van der Waals surface area contributed by atoms with Crippen molar-refractivity contribution in [2.24, 2.45) is 5.73 Å². The van der Waals surface area contributed by atoms with Crippen LogP contribution in [0, 0.1) is 11.6 Å². The number of aliphatic hydroxyl groups is 1. The molecule has 4 aromatic rings. The Morgan fingerprint density at radius 2 is 2.00 bits per heavy atom. The molecule has 14 heteroatoms. The predicted octanol–water partition coefficient (Wildman–Crippen LogP) is 1.96. The second-order valence-electron chi connectivity index (χ2n) is 9.73. The Balaban J connectivity index is 1.34. The van der Waals surface area contributed by atoms with Crippen molar-refractivity contribution >= 4 is 39.9 Å². The van der Waals surface area contributed by atoms with E-state index >= 15 is 4.39 Å². The second kappa shape index (κ2) is 12.9. The maximum absolute atomic E-state index is 15.1. The average molecular weight is 581 g/mol. The second-order valence-corrected chi connectivity index (χ2v) is 9.73. The molecular weight excluding hydrogens is 550 g/mol. The first-order valence-corrected chi connectivity index (χ1v) is 13.4. The number of benzene rings is 2. The lowest BCUT2D eigenvalue weighted by atomic mass is 10.2. The third-order valence-corrected chi connectivity index (χ3v) is 6.82. The van der Waals surface area contributed by atoms with Gasteiger partial charge in [-0.2, -0.15) is 5.10 Å². The first-order valence-electron chi connectivity index (χ1n) is 13.4. The number of nitrogens with zero attached hydrogens (tertiary/aromatic N) is 7. The topological polar surface area (TPSA) is 143 Å². The number of amides is 2. The summed E-state index contributed by atoms with van der Waals surface area (Å²) in [6.07, 6.45) is 4.90. The smallest absolute Gasteiger partial charge is 0.239 e. The van der Waals surface area contributed by atoms with Crippen molar-refractivity contribution in [1.29, 1.82) is 0 Å². The Labute approximate surface area is 239 Å². The zero-order valence-electron chi connectivity index (χ0n) is 22.7. The van der Waals surface area contributed by atoms with Crippen LogP contribution in [0.1, 0.15) is 6.42 Å². The first-order chi connectivity index (χ1) is 20.3. The van der Waals surface area contributed by atoms with Gasteiger partial charge in [-0.05, 0) is 30.7 Å². The van der Waals surface area contributed by atoms with Crippen LogP contribution in [0.5, 0.6) is 5.75 Å². The molecule has 2 aromatic heterocycles. The van der Waals surface area contributed by atoms with Gasteiger partial charge in [-0.1, -0.05) is 6.07 Å². The number of aliphatic hydroxyl groups excluding tert-OH is 1. The fourth-order valence-electron chi connectivity index (χ4n) is 4.83. The lowest BCUT2D eigenvalue weighted by molar-refractivity contribution is -0.136. The molecule has 1 aliphatic heterocycles. The monoisotopic (exact) mass is 580 g/mol. The highest BCUT2D eigenvalue weighted by Gasteiger charge is 2.24. The number of anilines is 3. The van der Waals surface area contributed by atoms with Crippen LogP contribution in [-0.2, 0) is 16.1 Å². The predicted molar refractivity (Wildman–Crippen MR) is 149 cm³/mol. The fourth-order valence-corrected chi connectivity index (χ4v) is 4.83. The molecule has 220 valence electrons. The minimum absolute atomic E-state index is 0.00798. The number of primary amides is 1. The molecule has 42 heavy (non-hydrogen) atoms. The highest BCUT2D eigenvalue weighted by Crippen LogP contribution is 2.39. The van der Waals surface area contributed by atoms with Crippen molar-refractivity contribution in [3.05, 3.63) is 66.8 Å². The van der Waals surface area contributed by atoms with Crippen LogP contribution in [0.15, 0.2) is 55.1 Å². The largest absolute Gasteiger partial charge is 0.493 e. The van der Waals surface area contributed by atoms with E-state index in [0.717, 1.165) is 12.6 Å². The molecule has 0 radical (unpaired) electrons. The standard InChI is InChI=1S/C28H30F2N8O4/c29-22-3-1-4-24(27(22)30)38(19-14-34-37(15-19)16-25(31)40)28-21-6-5-20(13-23(21)32-18-33-28)42-12-2-7-35-8-9-36(10-11-39)26(41)17-35/h1,3-6,13-15,18,39H,2,7-12,16-17H2,(H2,31,40). The number of β-amino-alcohol motifs (C(OH)–C–C–N with tert-alkyl or cyclic N) is 1. The molecule has 2 aromatic carbocycles. The molecule has 0 bridgehead atoms. The van der Waals surface area contributed by atoms with E-state index in [4.69, 9.17) is 15.6 Å². The van der Waals surface area contributed by atoms with Crippen LogP contribution >= 0.6 is 0 Å². The number of ether oxygens (including phenoxy) is 1. The van der Waals surface area contributed by atoms with E-state index in [1.807, 2.05) is 0 Å². The van der Waals surface area contributed by atoms with E-state index in [1.54, 1.807) is 23.1 Å². The van der Waals surface area contributed by atoms with Gasteiger partial charge >= 0.3 is 0 Å². The molecule has 1 aliphatic rings. The maximum atomic E-state index is 15.1. The van der Waals surface area contributed by atoms with Gasteiger partial charge in [0.05, 0.1) is 42.8 Å². The molecule has 5 rings (SSSR count). The third-order valence-electron chi connectivity index (χ3n) is 6.82. The Kier molecular flexibility index (Phi) is 8.83. The van der Waals surface area contributed by atoms with Gasteiger partial charge in [-0.25, -0.2) is 18.7 Å². The lowest BCUT2D eigenvalue weighted by Gasteiger charge is -2.33. The van der Waals surface area contributed by atoms with Crippen molar-refractivity contribution in [3.63, 3.8) is 0 Å². The normalized spacial score (nSPS) is 14.0. The van der Waals surface area contributed by atoms with Crippen molar-refractivity contribution in [3.8, 4) is 5.75 Å². The van der Waals surface area contributed by atoms with Gasteiger partial charge in [-0.15, -0.1) is 0 Å². The number of carbonyl (C=O) groups is 2. The average Bonchev–Trinajstić information content (AvgIpc) is 3.42. The van der Waals surface area contributed by atoms with Gasteiger partial charge in [0.1, 0.15) is 24.4 Å². The number of hydrogen-bond donors (Lipinski definition) is 2. The van der Waals surface area contributed by atoms with Crippen LogP contribution in [0.2, 0.25) is 0 Å².